The second kappa shape index (κ2) is 6.12. The van der Waals surface area contributed by atoms with Gasteiger partial charge in [0.05, 0.1) is 6.54 Å². The predicted molar refractivity (Wildman–Crippen MR) is 88.0 cm³/mol. The molecule has 1 aromatic carbocycles. The lowest BCUT2D eigenvalue weighted by atomic mass is 10.1. The maximum absolute atomic E-state index is 12.6. The van der Waals surface area contributed by atoms with Crippen molar-refractivity contribution in [2.45, 2.75) is 20.4 Å². The number of nitrogens with zero attached hydrogens (tertiary/aromatic N) is 2. The van der Waals surface area contributed by atoms with Crippen LogP contribution in [0.5, 0.6) is 0 Å². The lowest BCUT2D eigenvalue weighted by Gasteiger charge is -2.08. The first-order chi connectivity index (χ1) is 11.1. The molecule has 3 aromatic rings. The van der Waals surface area contributed by atoms with Crippen molar-refractivity contribution in [3.05, 3.63) is 65.2 Å². The minimum absolute atomic E-state index is 0.179. The Morgan fingerprint density at radius 1 is 1.17 bits per heavy atom. The zero-order valence-corrected chi connectivity index (χ0v) is 13.5. The van der Waals surface area contributed by atoms with Gasteiger partial charge >= 0.3 is 0 Å². The van der Waals surface area contributed by atoms with Crippen molar-refractivity contribution in [1.29, 1.82) is 0 Å². The quantitative estimate of drug-likeness (QED) is 0.805. The van der Waals surface area contributed by atoms with Gasteiger partial charge in [0.1, 0.15) is 17.0 Å². The van der Waals surface area contributed by atoms with E-state index >= 15 is 0 Å². The van der Waals surface area contributed by atoms with Crippen LogP contribution in [-0.2, 0) is 13.6 Å². The van der Waals surface area contributed by atoms with Crippen LogP contribution in [0.4, 0.5) is 0 Å². The number of hydrogen-bond acceptors (Lipinski definition) is 3. The summed E-state index contributed by atoms with van der Waals surface area (Å²) in [6, 6.07) is 13.6. The third kappa shape index (κ3) is 2.90. The maximum atomic E-state index is 12.6. The summed E-state index contributed by atoms with van der Waals surface area (Å²) >= 11 is 0. The van der Waals surface area contributed by atoms with Crippen molar-refractivity contribution in [2.24, 2.45) is 7.05 Å². The monoisotopic (exact) mass is 309 g/mol. The average molecular weight is 309 g/mol. The van der Waals surface area contributed by atoms with Gasteiger partial charge in [-0.25, -0.2) is 0 Å². The van der Waals surface area contributed by atoms with E-state index < -0.39 is 0 Å². The number of aryl methyl sites for hydroxylation is 2. The van der Waals surface area contributed by atoms with Crippen molar-refractivity contribution in [1.82, 2.24) is 15.0 Å². The molecule has 3 rings (SSSR count). The smallest absolute Gasteiger partial charge is 0.257 e. The van der Waals surface area contributed by atoms with Crippen molar-refractivity contribution in [3.8, 4) is 11.3 Å². The van der Waals surface area contributed by atoms with E-state index in [1.165, 1.54) is 0 Å². The molecule has 0 saturated heterocycles. The van der Waals surface area contributed by atoms with Crippen LogP contribution in [0.1, 0.15) is 27.5 Å². The summed E-state index contributed by atoms with van der Waals surface area (Å²) in [5.41, 5.74) is 4.13. The van der Waals surface area contributed by atoms with Gasteiger partial charge in [-0.1, -0.05) is 35.5 Å². The molecule has 0 aliphatic heterocycles. The summed E-state index contributed by atoms with van der Waals surface area (Å²) in [6.45, 7) is 4.24. The van der Waals surface area contributed by atoms with Gasteiger partial charge in [-0.2, -0.15) is 0 Å². The molecule has 0 aliphatic carbocycles. The summed E-state index contributed by atoms with van der Waals surface area (Å²) < 4.78 is 7.29. The summed E-state index contributed by atoms with van der Waals surface area (Å²) in [5, 5.41) is 6.99. The molecule has 0 aliphatic rings. The Kier molecular flexibility index (Phi) is 4.02. The van der Waals surface area contributed by atoms with Crippen LogP contribution in [0.2, 0.25) is 0 Å². The van der Waals surface area contributed by atoms with E-state index in [0.717, 1.165) is 17.0 Å². The topological polar surface area (TPSA) is 60.1 Å². The molecule has 1 amide bonds. The second-order valence-corrected chi connectivity index (χ2v) is 5.54. The second-order valence-electron chi connectivity index (χ2n) is 5.54. The first kappa shape index (κ1) is 15.1. The van der Waals surface area contributed by atoms with Crippen LogP contribution < -0.4 is 5.32 Å². The summed E-state index contributed by atoms with van der Waals surface area (Å²) in [7, 11) is 1.98. The Balaban J connectivity index is 1.83. The number of aromatic nitrogens is 2. The molecule has 0 unspecified atom stereocenters. The highest BCUT2D eigenvalue weighted by Gasteiger charge is 2.21. The summed E-state index contributed by atoms with van der Waals surface area (Å²) in [4.78, 5) is 12.6. The number of nitrogens with one attached hydrogen (secondary N) is 1. The normalized spacial score (nSPS) is 10.7. The third-order valence-corrected chi connectivity index (χ3v) is 4.04. The molecular weight excluding hydrogens is 290 g/mol. The Labute approximate surface area is 134 Å². The molecule has 5 nitrogen and oxygen atoms in total. The molecule has 23 heavy (non-hydrogen) atoms. The zero-order chi connectivity index (χ0) is 16.4. The van der Waals surface area contributed by atoms with E-state index in [4.69, 9.17) is 4.52 Å². The van der Waals surface area contributed by atoms with Crippen molar-refractivity contribution in [2.75, 3.05) is 0 Å². The van der Waals surface area contributed by atoms with Crippen LogP contribution in [0.3, 0.4) is 0 Å². The molecular formula is C18H19N3O2. The molecule has 0 radical (unpaired) electrons. The van der Waals surface area contributed by atoms with E-state index in [0.29, 0.717) is 23.6 Å². The predicted octanol–water partition coefficient (Wildman–Crippen LogP) is 3.23. The van der Waals surface area contributed by atoms with Gasteiger partial charge in [-0.05, 0) is 26.0 Å². The lowest BCUT2D eigenvalue weighted by molar-refractivity contribution is 0.0949. The van der Waals surface area contributed by atoms with Gasteiger partial charge in [0.15, 0.2) is 0 Å². The SMILES string of the molecule is Cc1onc(-c2ccccc2)c1C(=O)NCc1ccc(C)n1C. The number of carbonyl (C=O) groups excluding carboxylic acids is 1. The highest BCUT2D eigenvalue weighted by atomic mass is 16.5. The molecule has 0 saturated carbocycles. The molecule has 0 fully saturated rings. The Morgan fingerprint density at radius 2 is 1.91 bits per heavy atom. The maximum Gasteiger partial charge on any atom is 0.257 e. The van der Waals surface area contributed by atoms with Crippen LogP contribution in [0.15, 0.2) is 47.0 Å². The number of rotatable bonds is 4. The van der Waals surface area contributed by atoms with E-state index in [2.05, 4.69) is 15.0 Å². The molecule has 2 aromatic heterocycles. The third-order valence-electron chi connectivity index (χ3n) is 4.04. The van der Waals surface area contributed by atoms with Gasteiger partial charge in [0.2, 0.25) is 0 Å². The standard InChI is InChI=1S/C18H19N3O2/c1-12-9-10-15(21(12)3)11-19-18(22)16-13(2)23-20-17(16)14-7-5-4-6-8-14/h4-10H,11H2,1-3H3,(H,19,22). The molecule has 0 spiro atoms. The van der Waals surface area contributed by atoms with Crippen LogP contribution >= 0.6 is 0 Å². The minimum atomic E-state index is -0.179. The van der Waals surface area contributed by atoms with E-state index in [-0.39, 0.29) is 5.91 Å². The van der Waals surface area contributed by atoms with Crippen LogP contribution in [0, 0.1) is 13.8 Å². The van der Waals surface area contributed by atoms with Gasteiger partial charge in [0.25, 0.3) is 5.91 Å². The summed E-state index contributed by atoms with van der Waals surface area (Å²) in [5.74, 6) is 0.339. The molecule has 1 N–H and O–H groups in total. The molecule has 0 atom stereocenters. The number of hydrogen-bond donors (Lipinski definition) is 1. The fraction of sp³-hybridized carbons (Fsp3) is 0.222. The highest BCUT2D eigenvalue weighted by Crippen LogP contribution is 2.25. The van der Waals surface area contributed by atoms with E-state index in [1.807, 2.05) is 56.4 Å². The first-order valence-electron chi connectivity index (χ1n) is 7.49. The van der Waals surface area contributed by atoms with Gasteiger partial charge < -0.3 is 14.4 Å². The Morgan fingerprint density at radius 3 is 2.57 bits per heavy atom. The fourth-order valence-corrected chi connectivity index (χ4v) is 2.54. The van der Waals surface area contributed by atoms with E-state index in [1.54, 1.807) is 6.92 Å². The first-order valence-corrected chi connectivity index (χ1v) is 7.49. The molecule has 0 bridgehead atoms. The van der Waals surface area contributed by atoms with Crippen molar-refractivity contribution < 1.29 is 9.32 Å². The van der Waals surface area contributed by atoms with Crippen molar-refractivity contribution in [3.63, 3.8) is 0 Å². The average Bonchev–Trinajstić information content (AvgIpc) is 3.10. The zero-order valence-electron chi connectivity index (χ0n) is 13.5. The van der Waals surface area contributed by atoms with Gasteiger partial charge in [-0.15, -0.1) is 0 Å². The number of carbonyl (C=O) groups is 1. The van der Waals surface area contributed by atoms with Gasteiger partial charge in [0, 0.05) is 24.0 Å². The Bertz CT molecular complexity index is 831. The minimum Gasteiger partial charge on any atom is -0.360 e. The molecule has 118 valence electrons. The lowest BCUT2D eigenvalue weighted by Crippen LogP contribution is -2.24. The largest absolute Gasteiger partial charge is 0.360 e. The van der Waals surface area contributed by atoms with E-state index in [9.17, 15) is 4.79 Å². The summed E-state index contributed by atoms with van der Waals surface area (Å²) in [6.07, 6.45) is 0. The molecule has 2 heterocycles. The Hall–Kier alpha value is -2.82. The fourth-order valence-electron chi connectivity index (χ4n) is 2.54. The van der Waals surface area contributed by atoms with Crippen molar-refractivity contribution >= 4 is 5.91 Å². The number of benzene rings is 1. The van der Waals surface area contributed by atoms with Crippen LogP contribution in [-0.4, -0.2) is 15.6 Å². The highest BCUT2D eigenvalue weighted by molar-refractivity contribution is 6.00. The number of amides is 1. The van der Waals surface area contributed by atoms with Crippen LogP contribution in [0.25, 0.3) is 11.3 Å². The molecule has 5 heteroatoms. The van der Waals surface area contributed by atoms with Gasteiger partial charge in [-0.3, -0.25) is 4.79 Å².